The summed E-state index contributed by atoms with van der Waals surface area (Å²) >= 11 is 0. The molecule has 0 bridgehead atoms. The number of nitrogen functional groups attached to an aromatic ring is 1. The molecule has 4 N–H and O–H groups in total. The van der Waals surface area contributed by atoms with Gasteiger partial charge in [0.2, 0.25) is 10.0 Å². The molecule has 1 aliphatic carbocycles. The van der Waals surface area contributed by atoms with Crippen LogP contribution in [0.25, 0.3) is 0 Å². The molecule has 0 aliphatic heterocycles. The zero-order valence-electron chi connectivity index (χ0n) is 9.55. The van der Waals surface area contributed by atoms with Gasteiger partial charge in [-0.2, -0.15) is 0 Å². The second kappa shape index (κ2) is 4.29. The molecule has 0 aromatic heterocycles. The Hall–Kier alpha value is -1.11. The highest BCUT2D eigenvalue weighted by molar-refractivity contribution is 7.89. The molecule has 6 heteroatoms. The number of hydrogen-bond acceptors (Lipinski definition) is 4. The average molecular weight is 256 g/mol. The van der Waals surface area contributed by atoms with E-state index < -0.39 is 10.0 Å². The van der Waals surface area contributed by atoms with Crippen LogP contribution in [0.15, 0.2) is 23.1 Å². The van der Waals surface area contributed by atoms with Gasteiger partial charge >= 0.3 is 0 Å². The van der Waals surface area contributed by atoms with Crippen molar-refractivity contribution in [1.82, 2.24) is 4.72 Å². The molecular formula is C11H16N2O3S. The third-order valence-electron chi connectivity index (χ3n) is 2.82. The van der Waals surface area contributed by atoms with E-state index in [0.29, 0.717) is 18.5 Å². The number of rotatable bonds is 3. The molecule has 1 aliphatic rings. The van der Waals surface area contributed by atoms with E-state index in [2.05, 4.69) is 4.72 Å². The van der Waals surface area contributed by atoms with E-state index in [1.165, 1.54) is 6.07 Å². The van der Waals surface area contributed by atoms with Crippen LogP contribution in [0.3, 0.4) is 0 Å². The lowest BCUT2D eigenvalue weighted by Gasteiger charge is -2.31. The number of sulfonamides is 1. The minimum absolute atomic E-state index is 0.170. The minimum atomic E-state index is -3.53. The first-order chi connectivity index (χ1) is 7.87. The molecule has 94 valence electrons. The van der Waals surface area contributed by atoms with Crippen molar-refractivity contribution in [1.29, 1.82) is 0 Å². The molecule has 0 saturated heterocycles. The Kier molecular flexibility index (Phi) is 3.11. The summed E-state index contributed by atoms with van der Waals surface area (Å²) < 4.78 is 26.5. The van der Waals surface area contributed by atoms with Gasteiger partial charge in [0, 0.05) is 11.7 Å². The number of aliphatic hydroxyl groups is 1. The van der Waals surface area contributed by atoms with E-state index in [9.17, 15) is 8.42 Å². The number of nitrogens with one attached hydrogen (secondary N) is 1. The number of nitrogens with two attached hydrogens (primary N) is 1. The Bertz CT molecular complexity index is 501. The summed E-state index contributed by atoms with van der Waals surface area (Å²) in [5.74, 6) is 0. The third kappa shape index (κ3) is 2.77. The van der Waals surface area contributed by atoms with Gasteiger partial charge in [0.15, 0.2) is 0 Å². The second-order valence-electron chi connectivity index (χ2n) is 4.52. The lowest BCUT2D eigenvalue weighted by atomic mass is 9.91. The lowest BCUT2D eigenvalue weighted by molar-refractivity contribution is 0.0712. The fourth-order valence-corrected chi connectivity index (χ4v) is 3.30. The van der Waals surface area contributed by atoms with Gasteiger partial charge in [-0.05, 0) is 43.5 Å². The molecule has 0 spiro atoms. The molecule has 0 heterocycles. The van der Waals surface area contributed by atoms with Crippen molar-refractivity contribution < 1.29 is 13.5 Å². The molecule has 1 aromatic carbocycles. The molecule has 17 heavy (non-hydrogen) atoms. The smallest absolute Gasteiger partial charge is 0.240 e. The van der Waals surface area contributed by atoms with E-state index in [1.54, 1.807) is 19.1 Å². The molecule has 2 rings (SSSR count). The van der Waals surface area contributed by atoms with Crippen molar-refractivity contribution in [2.75, 3.05) is 5.73 Å². The molecule has 1 fully saturated rings. The normalized spacial score (nSPS) is 24.4. The topological polar surface area (TPSA) is 92.4 Å². The summed E-state index contributed by atoms with van der Waals surface area (Å²) in [6, 6.07) is 4.56. The molecule has 0 unspecified atom stereocenters. The lowest BCUT2D eigenvalue weighted by Crippen LogP contribution is -2.46. The van der Waals surface area contributed by atoms with E-state index in [0.717, 1.165) is 5.56 Å². The highest BCUT2D eigenvalue weighted by Crippen LogP contribution is 2.23. The van der Waals surface area contributed by atoms with Crippen molar-refractivity contribution in [3.05, 3.63) is 23.8 Å². The van der Waals surface area contributed by atoms with Gasteiger partial charge in [0.1, 0.15) is 0 Å². The van der Waals surface area contributed by atoms with Crippen LogP contribution in [-0.2, 0) is 10.0 Å². The fraction of sp³-hybridized carbons (Fsp3) is 0.455. The van der Waals surface area contributed by atoms with Gasteiger partial charge in [0.05, 0.1) is 11.0 Å². The second-order valence-corrected chi connectivity index (χ2v) is 6.24. The van der Waals surface area contributed by atoms with E-state index >= 15 is 0 Å². The maximum Gasteiger partial charge on any atom is 0.240 e. The Labute approximate surface area is 101 Å². The van der Waals surface area contributed by atoms with Crippen molar-refractivity contribution in [2.45, 2.75) is 36.8 Å². The zero-order chi connectivity index (χ0) is 12.6. The fourth-order valence-electron chi connectivity index (χ4n) is 1.90. The predicted molar refractivity (Wildman–Crippen MR) is 64.9 cm³/mol. The minimum Gasteiger partial charge on any atom is -0.399 e. The van der Waals surface area contributed by atoms with Crippen LogP contribution in [0.2, 0.25) is 0 Å². The number of benzene rings is 1. The van der Waals surface area contributed by atoms with Crippen LogP contribution in [0.1, 0.15) is 18.4 Å². The van der Waals surface area contributed by atoms with Crippen molar-refractivity contribution >= 4 is 15.7 Å². The monoisotopic (exact) mass is 256 g/mol. The summed E-state index contributed by atoms with van der Waals surface area (Å²) in [5, 5.41) is 9.12. The first-order valence-electron chi connectivity index (χ1n) is 5.44. The Balaban J connectivity index is 2.19. The molecule has 1 aromatic rings. The van der Waals surface area contributed by atoms with Crippen LogP contribution in [0, 0.1) is 6.92 Å². The van der Waals surface area contributed by atoms with Crippen molar-refractivity contribution in [3.8, 4) is 0 Å². The van der Waals surface area contributed by atoms with Gasteiger partial charge in [0.25, 0.3) is 0 Å². The summed E-state index contributed by atoms with van der Waals surface area (Å²) in [6.45, 7) is 1.79. The number of aryl methyl sites for hydroxylation is 1. The highest BCUT2D eigenvalue weighted by Gasteiger charge is 2.31. The molecule has 5 nitrogen and oxygen atoms in total. The molecule has 0 amide bonds. The van der Waals surface area contributed by atoms with E-state index in [4.69, 9.17) is 10.8 Å². The average Bonchev–Trinajstić information content (AvgIpc) is 2.13. The van der Waals surface area contributed by atoms with Crippen molar-refractivity contribution in [3.63, 3.8) is 0 Å². The van der Waals surface area contributed by atoms with Crippen LogP contribution in [0.5, 0.6) is 0 Å². The van der Waals surface area contributed by atoms with Crippen LogP contribution >= 0.6 is 0 Å². The van der Waals surface area contributed by atoms with E-state index in [-0.39, 0.29) is 17.0 Å². The summed E-state index contributed by atoms with van der Waals surface area (Å²) in [7, 11) is -3.53. The quantitative estimate of drug-likeness (QED) is 0.682. The van der Waals surface area contributed by atoms with Gasteiger partial charge in [-0.3, -0.25) is 0 Å². The highest BCUT2D eigenvalue weighted by atomic mass is 32.2. The third-order valence-corrected chi connectivity index (χ3v) is 4.32. The van der Waals surface area contributed by atoms with Crippen molar-refractivity contribution in [2.24, 2.45) is 0 Å². The van der Waals surface area contributed by atoms with Crippen LogP contribution < -0.4 is 10.5 Å². The van der Waals surface area contributed by atoms with Gasteiger partial charge in [-0.1, -0.05) is 0 Å². The molecular weight excluding hydrogens is 240 g/mol. The maximum absolute atomic E-state index is 12.0. The number of anilines is 1. The molecule has 1 saturated carbocycles. The first-order valence-corrected chi connectivity index (χ1v) is 6.93. The standard InChI is InChI=1S/C11H16N2O3S/c1-7-2-8(12)4-11(3-7)17(15,16)13-9-5-10(14)6-9/h2-4,9-10,13-14H,5-6,12H2,1H3. The molecule has 0 radical (unpaired) electrons. The number of aliphatic hydroxyl groups excluding tert-OH is 1. The van der Waals surface area contributed by atoms with E-state index in [1.807, 2.05) is 0 Å². The summed E-state index contributed by atoms with van der Waals surface area (Å²) in [5.41, 5.74) is 6.86. The Morgan fingerprint density at radius 3 is 2.53 bits per heavy atom. The van der Waals surface area contributed by atoms with Crippen LogP contribution in [-0.4, -0.2) is 25.7 Å². The predicted octanol–water partition coefficient (Wildman–Crippen LogP) is 0.379. The van der Waals surface area contributed by atoms with Gasteiger partial charge in [-0.15, -0.1) is 0 Å². The summed E-state index contributed by atoms with van der Waals surface area (Å²) in [6.07, 6.45) is 0.561. The molecule has 0 atom stereocenters. The Morgan fingerprint density at radius 1 is 1.35 bits per heavy atom. The van der Waals surface area contributed by atoms with Gasteiger partial charge < -0.3 is 10.8 Å². The summed E-state index contributed by atoms with van der Waals surface area (Å²) in [4.78, 5) is 0.177. The Morgan fingerprint density at radius 2 is 2.00 bits per heavy atom. The van der Waals surface area contributed by atoms with Gasteiger partial charge in [-0.25, -0.2) is 13.1 Å². The number of hydrogen-bond donors (Lipinski definition) is 3. The maximum atomic E-state index is 12.0. The largest absolute Gasteiger partial charge is 0.399 e. The SMILES string of the molecule is Cc1cc(N)cc(S(=O)(=O)NC2CC(O)C2)c1. The zero-order valence-corrected chi connectivity index (χ0v) is 10.4. The first kappa shape index (κ1) is 12.3. The van der Waals surface area contributed by atoms with Crippen LogP contribution in [0.4, 0.5) is 5.69 Å².